The van der Waals surface area contributed by atoms with E-state index in [4.69, 9.17) is 5.73 Å². The van der Waals surface area contributed by atoms with E-state index in [9.17, 15) is 9.59 Å². The van der Waals surface area contributed by atoms with Crippen LogP contribution in [-0.2, 0) is 4.79 Å². The van der Waals surface area contributed by atoms with E-state index in [1.807, 2.05) is 30.3 Å². The molecule has 2 aromatic carbocycles. The third-order valence-electron chi connectivity index (χ3n) is 2.44. The molecule has 2 aromatic rings. The van der Waals surface area contributed by atoms with E-state index in [-0.39, 0.29) is 12.5 Å². The first-order valence-corrected chi connectivity index (χ1v) is 5.19. The molecule has 4 nitrogen and oxygen atoms in total. The number of hydrogen-bond donors (Lipinski definition) is 1. The van der Waals surface area contributed by atoms with Crippen molar-refractivity contribution in [1.29, 1.82) is 0 Å². The lowest BCUT2D eigenvalue weighted by atomic mass is 10.0. The molecule has 0 atom stereocenters. The molecule has 0 bridgehead atoms. The molecular formula is C13H11N2O2. The largest absolute Gasteiger partial charge is 0.343 e. The number of carbonyl (C=O) groups is 2. The number of nitrogens with one attached hydrogen (secondary N) is 2. The Kier molecular flexibility index (Phi) is 3.05. The van der Waals surface area contributed by atoms with Crippen molar-refractivity contribution >= 4 is 22.6 Å². The summed E-state index contributed by atoms with van der Waals surface area (Å²) in [6, 6.07) is 12.9. The molecule has 0 aliphatic rings. The number of fused-ring (bicyclic) bond motifs is 1. The fraction of sp³-hybridized carbons (Fsp3) is 0.0769. The van der Waals surface area contributed by atoms with Gasteiger partial charge in [0.25, 0.3) is 11.8 Å². The lowest BCUT2D eigenvalue weighted by molar-refractivity contribution is -0.117. The van der Waals surface area contributed by atoms with Crippen LogP contribution in [0.25, 0.3) is 10.8 Å². The molecule has 1 radical (unpaired) electrons. The third-order valence-corrected chi connectivity index (χ3v) is 2.44. The Labute approximate surface area is 98.4 Å². The second kappa shape index (κ2) is 4.65. The minimum Gasteiger partial charge on any atom is -0.343 e. The van der Waals surface area contributed by atoms with E-state index < -0.39 is 5.91 Å². The summed E-state index contributed by atoms with van der Waals surface area (Å²) in [6.45, 7) is -0.262. The van der Waals surface area contributed by atoms with Gasteiger partial charge in [0, 0.05) is 5.56 Å². The van der Waals surface area contributed by atoms with Gasteiger partial charge in [0.1, 0.15) is 0 Å². The Morgan fingerprint density at radius 2 is 1.76 bits per heavy atom. The molecule has 0 aromatic heterocycles. The van der Waals surface area contributed by atoms with E-state index in [0.29, 0.717) is 5.56 Å². The van der Waals surface area contributed by atoms with Crippen molar-refractivity contribution in [2.75, 3.05) is 6.54 Å². The van der Waals surface area contributed by atoms with Gasteiger partial charge < -0.3 is 5.32 Å². The fourth-order valence-electron chi connectivity index (χ4n) is 1.68. The molecule has 2 rings (SSSR count). The average Bonchev–Trinajstić information content (AvgIpc) is 2.35. The minimum absolute atomic E-state index is 0.262. The summed E-state index contributed by atoms with van der Waals surface area (Å²) in [4.78, 5) is 22.3. The zero-order valence-electron chi connectivity index (χ0n) is 9.07. The van der Waals surface area contributed by atoms with Crippen LogP contribution < -0.4 is 11.1 Å². The zero-order valence-corrected chi connectivity index (χ0v) is 9.07. The van der Waals surface area contributed by atoms with E-state index in [1.165, 1.54) is 0 Å². The van der Waals surface area contributed by atoms with E-state index in [2.05, 4.69) is 5.32 Å². The molecule has 2 amide bonds. The Hall–Kier alpha value is -2.36. The number of rotatable bonds is 3. The topological polar surface area (TPSA) is 70.0 Å². The first kappa shape index (κ1) is 11.1. The number of benzene rings is 2. The van der Waals surface area contributed by atoms with Gasteiger partial charge in [-0.2, -0.15) is 0 Å². The molecule has 2 N–H and O–H groups in total. The SMILES string of the molecule is [NH]C(=O)CNC(=O)c1cccc2ccccc12. The van der Waals surface area contributed by atoms with Gasteiger partial charge in [-0.1, -0.05) is 36.4 Å². The van der Waals surface area contributed by atoms with Gasteiger partial charge in [0.05, 0.1) is 6.54 Å². The Balaban J connectivity index is 2.35. The minimum atomic E-state index is -0.807. The maximum Gasteiger partial charge on any atom is 0.257 e. The summed E-state index contributed by atoms with van der Waals surface area (Å²) in [5, 5.41) is 4.22. The number of amides is 2. The normalized spacial score (nSPS) is 10.1. The lowest BCUT2D eigenvalue weighted by Crippen LogP contribution is -2.29. The molecule has 0 saturated heterocycles. The highest BCUT2D eigenvalue weighted by atomic mass is 16.2. The summed E-state index contributed by atoms with van der Waals surface area (Å²) in [6.07, 6.45) is 0. The zero-order chi connectivity index (χ0) is 12.3. The van der Waals surface area contributed by atoms with Crippen molar-refractivity contribution < 1.29 is 9.59 Å². The maximum absolute atomic E-state index is 11.8. The molecule has 17 heavy (non-hydrogen) atoms. The molecule has 0 fully saturated rings. The highest BCUT2D eigenvalue weighted by Gasteiger charge is 2.09. The average molecular weight is 227 g/mol. The highest BCUT2D eigenvalue weighted by Crippen LogP contribution is 2.18. The number of hydrogen-bond acceptors (Lipinski definition) is 2. The van der Waals surface area contributed by atoms with E-state index in [1.54, 1.807) is 12.1 Å². The van der Waals surface area contributed by atoms with Gasteiger partial charge in [-0.05, 0) is 16.8 Å². The summed E-state index contributed by atoms with van der Waals surface area (Å²) >= 11 is 0. The molecule has 0 saturated carbocycles. The van der Waals surface area contributed by atoms with Crippen molar-refractivity contribution in [3.63, 3.8) is 0 Å². The first-order chi connectivity index (χ1) is 8.18. The van der Waals surface area contributed by atoms with Gasteiger partial charge in [-0.15, -0.1) is 0 Å². The van der Waals surface area contributed by atoms with Crippen LogP contribution in [0.4, 0.5) is 0 Å². The van der Waals surface area contributed by atoms with Gasteiger partial charge in [-0.25, -0.2) is 0 Å². The second-order valence-electron chi connectivity index (χ2n) is 3.63. The van der Waals surface area contributed by atoms with Crippen LogP contribution in [0.5, 0.6) is 0 Å². The predicted octanol–water partition coefficient (Wildman–Crippen LogP) is 1.38. The van der Waals surface area contributed by atoms with Crippen molar-refractivity contribution in [1.82, 2.24) is 11.1 Å². The Bertz CT molecular complexity index is 573. The van der Waals surface area contributed by atoms with Crippen LogP contribution in [0.15, 0.2) is 42.5 Å². The Morgan fingerprint density at radius 1 is 1.06 bits per heavy atom. The predicted molar refractivity (Wildman–Crippen MR) is 64.4 cm³/mol. The summed E-state index contributed by atoms with van der Waals surface area (Å²) in [7, 11) is 0. The van der Waals surface area contributed by atoms with Gasteiger partial charge >= 0.3 is 0 Å². The van der Waals surface area contributed by atoms with Crippen LogP contribution in [0, 0.1) is 0 Å². The van der Waals surface area contributed by atoms with Crippen LogP contribution >= 0.6 is 0 Å². The Morgan fingerprint density at radius 3 is 2.53 bits per heavy atom. The standard InChI is InChI=1S/C13H11N2O2/c14-12(16)8-15-13(17)11-7-3-5-9-4-1-2-6-10(9)11/h1-7,14H,8H2,(H,15,17). The molecular weight excluding hydrogens is 216 g/mol. The third kappa shape index (κ3) is 2.42. The second-order valence-corrected chi connectivity index (χ2v) is 3.63. The van der Waals surface area contributed by atoms with Gasteiger partial charge in [0.2, 0.25) is 0 Å². The molecule has 0 spiro atoms. The van der Waals surface area contributed by atoms with Crippen LogP contribution in [0.3, 0.4) is 0 Å². The molecule has 85 valence electrons. The summed E-state index contributed by atoms with van der Waals surface area (Å²) in [5.41, 5.74) is 7.26. The van der Waals surface area contributed by atoms with Crippen LogP contribution in [-0.4, -0.2) is 18.4 Å². The molecule has 0 aliphatic carbocycles. The smallest absolute Gasteiger partial charge is 0.257 e. The van der Waals surface area contributed by atoms with Gasteiger partial charge in [-0.3, -0.25) is 15.3 Å². The molecule has 4 heteroatoms. The summed E-state index contributed by atoms with van der Waals surface area (Å²) < 4.78 is 0. The van der Waals surface area contributed by atoms with Crippen LogP contribution in [0.2, 0.25) is 0 Å². The number of carbonyl (C=O) groups excluding carboxylic acids is 2. The van der Waals surface area contributed by atoms with Crippen molar-refractivity contribution in [3.05, 3.63) is 48.0 Å². The quantitative estimate of drug-likeness (QED) is 0.860. The monoisotopic (exact) mass is 227 g/mol. The van der Waals surface area contributed by atoms with Crippen LogP contribution in [0.1, 0.15) is 10.4 Å². The highest BCUT2D eigenvalue weighted by molar-refractivity contribution is 6.07. The van der Waals surface area contributed by atoms with Crippen molar-refractivity contribution in [2.24, 2.45) is 0 Å². The van der Waals surface area contributed by atoms with Gasteiger partial charge in [0.15, 0.2) is 0 Å². The first-order valence-electron chi connectivity index (χ1n) is 5.19. The maximum atomic E-state index is 11.8. The van der Waals surface area contributed by atoms with E-state index >= 15 is 0 Å². The van der Waals surface area contributed by atoms with Crippen molar-refractivity contribution in [2.45, 2.75) is 0 Å². The van der Waals surface area contributed by atoms with Crippen molar-refractivity contribution in [3.8, 4) is 0 Å². The van der Waals surface area contributed by atoms with E-state index in [0.717, 1.165) is 10.8 Å². The molecule has 0 aliphatic heterocycles. The lowest BCUT2D eigenvalue weighted by Gasteiger charge is -2.06. The molecule has 0 unspecified atom stereocenters. The fourth-order valence-corrected chi connectivity index (χ4v) is 1.68. The molecule has 0 heterocycles. The summed E-state index contributed by atoms with van der Waals surface area (Å²) in [5.74, 6) is -1.14.